The SMILES string of the molecule is C=CC1=C(c2ccccc2)SC(C2CC2)N1. The molecule has 1 fully saturated rings. The topological polar surface area (TPSA) is 12.0 Å². The van der Waals surface area contributed by atoms with Crippen molar-refractivity contribution < 1.29 is 0 Å². The maximum absolute atomic E-state index is 3.90. The van der Waals surface area contributed by atoms with Gasteiger partial charge in [-0.2, -0.15) is 0 Å². The van der Waals surface area contributed by atoms with Crippen LogP contribution >= 0.6 is 11.8 Å². The lowest BCUT2D eigenvalue weighted by atomic mass is 10.2. The van der Waals surface area contributed by atoms with Crippen molar-refractivity contribution in [1.29, 1.82) is 0 Å². The van der Waals surface area contributed by atoms with Crippen molar-refractivity contribution in [2.24, 2.45) is 5.92 Å². The second kappa shape index (κ2) is 4.02. The molecule has 1 heterocycles. The molecule has 1 unspecified atom stereocenters. The van der Waals surface area contributed by atoms with Gasteiger partial charge in [-0.05, 0) is 30.4 Å². The average Bonchev–Trinajstić information content (AvgIpc) is 3.10. The van der Waals surface area contributed by atoms with Crippen molar-refractivity contribution in [3.63, 3.8) is 0 Å². The lowest BCUT2D eigenvalue weighted by Gasteiger charge is -2.08. The zero-order chi connectivity index (χ0) is 11.0. The third-order valence-electron chi connectivity index (χ3n) is 3.08. The number of benzene rings is 1. The largest absolute Gasteiger partial charge is 0.372 e. The first kappa shape index (κ1) is 10.0. The van der Waals surface area contributed by atoms with Crippen LogP contribution in [0.15, 0.2) is 48.7 Å². The van der Waals surface area contributed by atoms with E-state index < -0.39 is 0 Å². The Bertz CT molecular complexity index is 431. The van der Waals surface area contributed by atoms with Crippen molar-refractivity contribution in [3.8, 4) is 0 Å². The zero-order valence-electron chi connectivity index (χ0n) is 9.15. The van der Waals surface area contributed by atoms with Crippen LogP contribution in [0.4, 0.5) is 0 Å². The van der Waals surface area contributed by atoms with Gasteiger partial charge in [0.2, 0.25) is 0 Å². The maximum atomic E-state index is 3.90. The number of allylic oxidation sites excluding steroid dienone is 1. The molecule has 0 spiro atoms. The van der Waals surface area contributed by atoms with Gasteiger partial charge in [0.25, 0.3) is 0 Å². The monoisotopic (exact) mass is 229 g/mol. The van der Waals surface area contributed by atoms with Gasteiger partial charge in [0.1, 0.15) is 0 Å². The van der Waals surface area contributed by atoms with Crippen LogP contribution < -0.4 is 5.32 Å². The van der Waals surface area contributed by atoms with Crippen LogP contribution in [0, 0.1) is 5.92 Å². The molecule has 1 N–H and O–H groups in total. The summed E-state index contributed by atoms with van der Waals surface area (Å²) in [5.74, 6) is 0.862. The van der Waals surface area contributed by atoms with E-state index in [-0.39, 0.29) is 0 Å². The molecule has 0 amide bonds. The molecule has 0 bridgehead atoms. The molecule has 0 aromatic heterocycles. The molecule has 1 atom stereocenters. The van der Waals surface area contributed by atoms with Crippen molar-refractivity contribution in [2.75, 3.05) is 0 Å². The summed E-state index contributed by atoms with van der Waals surface area (Å²) >= 11 is 1.96. The minimum Gasteiger partial charge on any atom is -0.372 e. The van der Waals surface area contributed by atoms with E-state index in [0.29, 0.717) is 5.37 Å². The van der Waals surface area contributed by atoms with Crippen LogP contribution in [0.1, 0.15) is 18.4 Å². The maximum Gasteiger partial charge on any atom is 0.0798 e. The Labute approximate surface area is 101 Å². The predicted octanol–water partition coefficient (Wildman–Crippen LogP) is 3.61. The van der Waals surface area contributed by atoms with Gasteiger partial charge in [-0.15, -0.1) is 0 Å². The lowest BCUT2D eigenvalue weighted by Crippen LogP contribution is -2.21. The summed E-state index contributed by atoms with van der Waals surface area (Å²) < 4.78 is 0. The van der Waals surface area contributed by atoms with Gasteiger partial charge in [-0.25, -0.2) is 0 Å². The molecule has 1 aromatic carbocycles. The summed E-state index contributed by atoms with van der Waals surface area (Å²) in [6, 6.07) is 10.6. The first-order valence-electron chi connectivity index (χ1n) is 5.74. The van der Waals surface area contributed by atoms with Crippen LogP contribution in [-0.2, 0) is 0 Å². The van der Waals surface area contributed by atoms with E-state index in [4.69, 9.17) is 0 Å². The highest BCUT2D eigenvalue weighted by Crippen LogP contribution is 2.47. The molecule has 1 nitrogen and oxygen atoms in total. The Morgan fingerprint density at radius 2 is 2.00 bits per heavy atom. The Kier molecular flexibility index (Phi) is 2.52. The molecular weight excluding hydrogens is 214 g/mol. The highest BCUT2D eigenvalue weighted by atomic mass is 32.2. The fraction of sp³-hybridized carbons (Fsp3) is 0.286. The summed E-state index contributed by atoms with van der Waals surface area (Å²) in [6.07, 6.45) is 4.69. The van der Waals surface area contributed by atoms with Crippen LogP contribution in [0.2, 0.25) is 0 Å². The van der Waals surface area contributed by atoms with Crippen LogP contribution in [0.3, 0.4) is 0 Å². The number of nitrogens with one attached hydrogen (secondary N) is 1. The lowest BCUT2D eigenvalue weighted by molar-refractivity contribution is 0.688. The quantitative estimate of drug-likeness (QED) is 0.849. The van der Waals surface area contributed by atoms with Gasteiger partial charge >= 0.3 is 0 Å². The molecule has 0 saturated heterocycles. The van der Waals surface area contributed by atoms with Gasteiger partial charge in [0.05, 0.1) is 5.37 Å². The van der Waals surface area contributed by atoms with Crippen molar-refractivity contribution in [3.05, 3.63) is 54.2 Å². The Hall–Kier alpha value is -1.15. The predicted molar refractivity (Wildman–Crippen MR) is 70.8 cm³/mol. The Morgan fingerprint density at radius 1 is 1.25 bits per heavy atom. The molecule has 2 aliphatic rings. The summed E-state index contributed by atoms with van der Waals surface area (Å²) in [6.45, 7) is 3.90. The molecule has 2 heteroatoms. The smallest absolute Gasteiger partial charge is 0.0798 e. The van der Waals surface area contributed by atoms with Crippen molar-refractivity contribution in [1.82, 2.24) is 5.32 Å². The standard InChI is InChI=1S/C14H15NS/c1-2-12-13(10-6-4-3-5-7-10)16-14(15-12)11-8-9-11/h2-7,11,14-15H,1,8-9H2. The van der Waals surface area contributed by atoms with E-state index in [1.165, 1.54) is 29.0 Å². The second-order valence-electron chi connectivity index (χ2n) is 4.33. The zero-order valence-corrected chi connectivity index (χ0v) is 9.96. The molecule has 1 saturated carbocycles. The summed E-state index contributed by atoms with van der Waals surface area (Å²) in [4.78, 5) is 1.35. The third-order valence-corrected chi connectivity index (χ3v) is 4.53. The Balaban J connectivity index is 1.89. The van der Waals surface area contributed by atoms with E-state index in [1.807, 2.05) is 17.8 Å². The van der Waals surface area contributed by atoms with Crippen molar-refractivity contribution >= 4 is 16.7 Å². The molecule has 1 aliphatic carbocycles. The highest BCUT2D eigenvalue weighted by molar-refractivity contribution is 8.09. The molecule has 1 aliphatic heterocycles. The van der Waals surface area contributed by atoms with Gasteiger partial charge in [0.15, 0.2) is 0 Å². The molecule has 3 rings (SSSR count). The molecule has 0 radical (unpaired) electrons. The van der Waals surface area contributed by atoms with Gasteiger partial charge < -0.3 is 5.32 Å². The van der Waals surface area contributed by atoms with Crippen LogP contribution in [-0.4, -0.2) is 5.37 Å². The molecule has 82 valence electrons. The first-order chi connectivity index (χ1) is 7.88. The summed E-state index contributed by atoms with van der Waals surface area (Å²) in [5, 5.41) is 4.15. The van der Waals surface area contributed by atoms with Gasteiger partial charge in [-0.1, -0.05) is 48.7 Å². The fourth-order valence-electron chi connectivity index (χ4n) is 2.02. The number of rotatable bonds is 3. The summed E-state index contributed by atoms with van der Waals surface area (Å²) in [7, 11) is 0. The van der Waals surface area contributed by atoms with E-state index in [9.17, 15) is 0 Å². The van der Waals surface area contributed by atoms with E-state index in [0.717, 1.165) is 5.92 Å². The molecule has 16 heavy (non-hydrogen) atoms. The third kappa shape index (κ3) is 1.78. The van der Waals surface area contributed by atoms with Gasteiger partial charge in [-0.3, -0.25) is 0 Å². The number of thioether (sulfide) groups is 1. The van der Waals surface area contributed by atoms with Gasteiger partial charge in [0, 0.05) is 10.6 Å². The molecular formula is C14H15NS. The minimum absolute atomic E-state index is 0.572. The highest BCUT2D eigenvalue weighted by Gasteiger charge is 2.36. The van der Waals surface area contributed by atoms with Crippen LogP contribution in [0.25, 0.3) is 4.91 Å². The first-order valence-corrected chi connectivity index (χ1v) is 6.62. The van der Waals surface area contributed by atoms with E-state index >= 15 is 0 Å². The minimum atomic E-state index is 0.572. The molecule has 1 aromatic rings. The average molecular weight is 229 g/mol. The number of hydrogen-bond donors (Lipinski definition) is 1. The summed E-state index contributed by atoms with van der Waals surface area (Å²) in [5.41, 5.74) is 2.51. The second-order valence-corrected chi connectivity index (χ2v) is 5.48. The normalized spacial score (nSPS) is 24.4. The number of hydrogen-bond acceptors (Lipinski definition) is 2. The van der Waals surface area contributed by atoms with Crippen LogP contribution in [0.5, 0.6) is 0 Å². The van der Waals surface area contributed by atoms with E-state index in [1.54, 1.807) is 0 Å². The Morgan fingerprint density at radius 3 is 2.62 bits per heavy atom. The van der Waals surface area contributed by atoms with E-state index in [2.05, 4.69) is 42.2 Å². The fourth-order valence-corrected chi connectivity index (χ4v) is 3.46. The van der Waals surface area contributed by atoms with Crippen molar-refractivity contribution in [2.45, 2.75) is 18.2 Å².